The average Bonchev–Trinajstić information content (AvgIpc) is 2.42. The molecule has 112 valence electrons. The van der Waals surface area contributed by atoms with Gasteiger partial charge in [-0.1, -0.05) is 6.92 Å². The molecule has 1 aliphatic rings. The van der Waals surface area contributed by atoms with E-state index in [0.29, 0.717) is 0 Å². The van der Waals surface area contributed by atoms with E-state index < -0.39 is 0 Å². The van der Waals surface area contributed by atoms with Crippen LogP contribution in [0, 0.1) is 5.92 Å². The third-order valence-electron chi connectivity index (χ3n) is 3.97. The third-order valence-corrected chi connectivity index (χ3v) is 3.97. The molecule has 19 heavy (non-hydrogen) atoms. The van der Waals surface area contributed by atoms with E-state index in [0.717, 1.165) is 19.3 Å². The fourth-order valence-electron chi connectivity index (χ4n) is 2.97. The predicted octanol–water partition coefficient (Wildman–Crippen LogP) is 1.78. The highest BCUT2D eigenvalue weighted by Gasteiger charge is 2.42. The first-order valence-corrected chi connectivity index (χ1v) is 6.82. The number of ether oxygens (including phenoxy) is 4. The Bertz CT molecular complexity index is 281. The Balaban J connectivity index is 2.80. The minimum atomic E-state index is -0.246. The summed E-state index contributed by atoms with van der Waals surface area (Å²) < 4.78 is 21.9. The van der Waals surface area contributed by atoms with Crippen LogP contribution in [0.15, 0.2) is 0 Å². The van der Waals surface area contributed by atoms with Crippen LogP contribution in [0.4, 0.5) is 0 Å². The van der Waals surface area contributed by atoms with Crippen molar-refractivity contribution in [2.45, 2.75) is 57.5 Å². The van der Waals surface area contributed by atoms with Gasteiger partial charge in [-0.05, 0) is 12.8 Å². The van der Waals surface area contributed by atoms with Gasteiger partial charge in [-0.25, -0.2) is 0 Å². The van der Waals surface area contributed by atoms with Gasteiger partial charge in [0.2, 0.25) is 0 Å². The zero-order valence-corrected chi connectivity index (χ0v) is 12.5. The SMILES string of the molecule is CCC(OC(C)=O)C1CC(OC)C(OC)CC1OC. The zero-order valence-electron chi connectivity index (χ0n) is 12.5. The Kier molecular flexibility index (Phi) is 6.75. The van der Waals surface area contributed by atoms with Gasteiger partial charge in [0.1, 0.15) is 6.10 Å². The van der Waals surface area contributed by atoms with Crippen LogP contribution >= 0.6 is 0 Å². The maximum absolute atomic E-state index is 11.2. The largest absolute Gasteiger partial charge is 0.462 e. The minimum absolute atomic E-state index is 0.0195. The standard InChI is InChI=1S/C14H26O5/c1-6-11(19-9(2)15)10-7-13(17-4)14(18-5)8-12(10)16-3/h10-14H,6-8H2,1-5H3. The van der Waals surface area contributed by atoms with Crippen molar-refractivity contribution >= 4 is 5.97 Å². The van der Waals surface area contributed by atoms with Crippen molar-refractivity contribution in [3.8, 4) is 0 Å². The van der Waals surface area contributed by atoms with Crippen molar-refractivity contribution in [2.75, 3.05) is 21.3 Å². The summed E-state index contributed by atoms with van der Waals surface area (Å²) in [5, 5.41) is 0. The number of hydrogen-bond acceptors (Lipinski definition) is 5. The molecule has 0 heterocycles. The van der Waals surface area contributed by atoms with E-state index in [1.165, 1.54) is 6.92 Å². The van der Waals surface area contributed by atoms with Gasteiger partial charge < -0.3 is 18.9 Å². The summed E-state index contributed by atoms with van der Waals surface area (Å²) in [5.74, 6) is -0.0974. The fraction of sp³-hybridized carbons (Fsp3) is 0.929. The molecule has 0 aromatic rings. The monoisotopic (exact) mass is 274 g/mol. The molecule has 0 aliphatic heterocycles. The highest BCUT2D eigenvalue weighted by Crippen LogP contribution is 2.34. The zero-order chi connectivity index (χ0) is 14.4. The highest BCUT2D eigenvalue weighted by atomic mass is 16.6. The molecule has 5 unspecified atom stereocenters. The van der Waals surface area contributed by atoms with Crippen LogP contribution in [0.2, 0.25) is 0 Å². The van der Waals surface area contributed by atoms with Crippen LogP contribution in [0.5, 0.6) is 0 Å². The molecule has 1 saturated carbocycles. The summed E-state index contributed by atoms with van der Waals surface area (Å²) in [4.78, 5) is 11.2. The summed E-state index contributed by atoms with van der Waals surface area (Å²) in [5.41, 5.74) is 0. The molecule has 5 heteroatoms. The van der Waals surface area contributed by atoms with E-state index in [1.54, 1.807) is 21.3 Å². The molecule has 0 N–H and O–H groups in total. The van der Waals surface area contributed by atoms with Gasteiger partial charge in [0.05, 0.1) is 18.3 Å². The molecular weight excluding hydrogens is 248 g/mol. The minimum Gasteiger partial charge on any atom is -0.462 e. The van der Waals surface area contributed by atoms with Crippen LogP contribution < -0.4 is 0 Å². The van der Waals surface area contributed by atoms with Crippen molar-refractivity contribution in [1.29, 1.82) is 0 Å². The molecule has 1 rings (SSSR count). The van der Waals surface area contributed by atoms with E-state index in [4.69, 9.17) is 18.9 Å². The first kappa shape index (κ1) is 16.4. The molecule has 0 aromatic heterocycles. The van der Waals surface area contributed by atoms with Crippen LogP contribution in [0.25, 0.3) is 0 Å². The Morgan fingerprint density at radius 1 is 1.05 bits per heavy atom. The van der Waals surface area contributed by atoms with E-state index in [-0.39, 0.29) is 36.3 Å². The van der Waals surface area contributed by atoms with E-state index in [1.807, 2.05) is 6.92 Å². The van der Waals surface area contributed by atoms with Gasteiger partial charge in [-0.3, -0.25) is 4.79 Å². The normalized spacial score (nSPS) is 32.9. The van der Waals surface area contributed by atoms with E-state index >= 15 is 0 Å². The van der Waals surface area contributed by atoms with Gasteiger partial charge in [-0.15, -0.1) is 0 Å². The number of methoxy groups -OCH3 is 3. The highest BCUT2D eigenvalue weighted by molar-refractivity contribution is 5.66. The molecule has 5 nitrogen and oxygen atoms in total. The van der Waals surface area contributed by atoms with Crippen molar-refractivity contribution in [3.05, 3.63) is 0 Å². The lowest BCUT2D eigenvalue weighted by Gasteiger charge is -2.42. The van der Waals surface area contributed by atoms with Crippen molar-refractivity contribution in [3.63, 3.8) is 0 Å². The summed E-state index contributed by atoms with van der Waals surface area (Å²) in [6.07, 6.45) is 2.26. The molecular formula is C14H26O5. The number of hydrogen-bond donors (Lipinski definition) is 0. The summed E-state index contributed by atoms with van der Waals surface area (Å²) in [6.45, 7) is 3.46. The summed E-state index contributed by atoms with van der Waals surface area (Å²) >= 11 is 0. The Hall–Kier alpha value is -0.650. The molecule has 0 saturated heterocycles. The number of esters is 1. The number of rotatable bonds is 6. The maximum atomic E-state index is 11.2. The number of carbonyl (C=O) groups excluding carboxylic acids is 1. The van der Waals surface area contributed by atoms with E-state index in [9.17, 15) is 4.79 Å². The molecule has 0 aromatic carbocycles. The quantitative estimate of drug-likeness (QED) is 0.691. The maximum Gasteiger partial charge on any atom is 0.302 e. The van der Waals surface area contributed by atoms with Crippen molar-refractivity contribution < 1.29 is 23.7 Å². The summed E-state index contributed by atoms with van der Waals surface area (Å²) in [6, 6.07) is 0. The van der Waals surface area contributed by atoms with Crippen molar-refractivity contribution in [2.24, 2.45) is 5.92 Å². The Morgan fingerprint density at radius 2 is 1.58 bits per heavy atom. The first-order valence-electron chi connectivity index (χ1n) is 6.82. The lowest BCUT2D eigenvalue weighted by atomic mass is 9.78. The topological polar surface area (TPSA) is 54.0 Å². The summed E-state index contributed by atoms with van der Waals surface area (Å²) in [7, 11) is 5.07. The predicted molar refractivity (Wildman–Crippen MR) is 71.0 cm³/mol. The molecule has 0 amide bonds. The second-order valence-electron chi connectivity index (χ2n) is 5.01. The van der Waals surface area contributed by atoms with Crippen LogP contribution in [0.1, 0.15) is 33.1 Å². The number of carbonyl (C=O) groups is 1. The first-order chi connectivity index (χ1) is 9.07. The lowest BCUT2D eigenvalue weighted by Crippen LogP contribution is -2.49. The van der Waals surface area contributed by atoms with Gasteiger partial charge >= 0.3 is 5.97 Å². The Labute approximate surface area is 115 Å². The fourth-order valence-corrected chi connectivity index (χ4v) is 2.97. The lowest BCUT2D eigenvalue weighted by molar-refractivity contribution is -0.165. The van der Waals surface area contributed by atoms with E-state index in [2.05, 4.69) is 0 Å². The molecule has 0 radical (unpaired) electrons. The Morgan fingerprint density at radius 3 is 2.00 bits per heavy atom. The van der Waals surface area contributed by atoms with Gasteiger partial charge in [-0.2, -0.15) is 0 Å². The van der Waals surface area contributed by atoms with Gasteiger partial charge in [0.25, 0.3) is 0 Å². The molecule has 0 spiro atoms. The molecule has 0 bridgehead atoms. The van der Waals surface area contributed by atoms with Gasteiger partial charge in [0.15, 0.2) is 0 Å². The van der Waals surface area contributed by atoms with Crippen LogP contribution in [0.3, 0.4) is 0 Å². The molecule has 1 fully saturated rings. The molecule has 5 atom stereocenters. The van der Waals surface area contributed by atoms with Crippen molar-refractivity contribution in [1.82, 2.24) is 0 Å². The third kappa shape index (κ3) is 4.16. The smallest absolute Gasteiger partial charge is 0.302 e. The van der Waals surface area contributed by atoms with Gasteiger partial charge in [0, 0.05) is 40.6 Å². The van der Waals surface area contributed by atoms with Crippen LogP contribution in [-0.4, -0.2) is 51.7 Å². The second-order valence-corrected chi connectivity index (χ2v) is 5.01. The van der Waals surface area contributed by atoms with Crippen LogP contribution in [-0.2, 0) is 23.7 Å². The molecule has 1 aliphatic carbocycles. The second kappa shape index (κ2) is 7.82. The average molecular weight is 274 g/mol.